The molecule has 0 saturated carbocycles. The third-order valence-corrected chi connectivity index (χ3v) is 12.6. The number of benzene rings is 3. The van der Waals surface area contributed by atoms with Gasteiger partial charge in [0.15, 0.2) is 0 Å². The van der Waals surface area contributed by atoms with Gasteiger partial charge in [-0.05, 0) is 0 Å². The Morgan fingerprint density at radius 2 is 1.42 bits per heavy atom. The van der Waals surface area contributed by atoms with Crippen LogP contribution in [0.2, 0.25) is 0 Å². The van der Waals surface area contributed by atoms with Crippen molar-refractivity contribution in [1.29, 1.82) is 0 Å². The quantitative estimate of drug-likeness (QED) is 0.339. The predicted molar refractivity (Wildman–Crippen MR) is 123 cm³/mol. The molecule has 0 spiro atoms. The van der Waals surface area contributed by atoms with Crippen molar-refractivity contribution in [3.8, 4) is 0 Å². The van der Waals surface area contributed by atoms with Crippen molar-refractivity contribution in [2.45, 2.75) is 23.5 Å². The number of fused-ring (bicyclic) bond motifs is 2. The van der Waals surface area contributed by atoms with Gasteiger partial charge in [0.25, 0.3) is 0 Å². The van der Waals surface area contributed by atoms with Crippen molar-refractivity contribution in [2.75, 3.05) is 0 Å². The van der Waals surface area contributed by atoms with Crippen LogP contribution in [0.4, 0.5) is 0 Å². The second kappa shape index (κ2) is 10.5. The van der Waals surface area contributed by atoms with Crippen molar-refractivity contribution in [2.24, 2.45) is 0 Å². The van der Waals surface area contributed by atoms with Crippen LogP contribution in [0.5, 0.6) is 0 Å². The molecule has 0 bridgehead atoms. The molecule has 2 aliphatic rings. The van der Waals surface area contributed by atoms with Gasteiger partial charge >= 0.3 is 188 Å². The molecule has 0 saturated heterocycles. The molecule has 2 aliphatic carbocycles. The van der Waals surface area contributed by atoms with Crippen LogP contribution in [0.25, 0.3) is 14.4 Å². The minimum Gasteiger partial charge on any atom is -1.00 e. The van der Waals surface area contributed by atoms with Crippen molar-refractivity contribution in [3.63, 3.8) is 0 Å². The Morgan fingerprint density at radius 3 is 2.19 bits per heavy atom. The van der Waals surface area contributed by atoms with Crippen LogP contribution in [0.3, 0.4) is 0 Å². The van der Waals surface area contributed by atoms with E-state index in [4.69, 9.17) is 0 Å². The molecule has 31 heavy (non-hydrogen) atoms. The third kappa shape index (κ3) is 4.74. The zero-order chi connectivity index (χ0) is 19.8. The summed E-state index contributed by atoms with van der Waals surface area (Å²) < 4.78 is 2.42. The average molecular weight is 539 g/mol. The number of rotatable bonds is 4. The van der Waals surface area contributed by atoms with E-state index < -0.39 is 23.2 Å². The summed E-state index contributed by atoms with van der Waals surface area (Å²) in [7, 11) is 0.261. The molecule has 0 fully saturated rings. The zero-order valence-electron chi connectivity index (χ0n) is 17.7. The van der Waals surface area contributed by atoms with E-state index in [1.54, 1.807) is 24.8 Å². The van der Waals surface area contributed by atoms with Crippen molar-refractivity contribution in [1.82, 2.24) is 0 Å². The smallest absolute Gasteiger partial charge is 1.00 e. The van der Waals surface area contributed by atoms with E-state index >= 15 is 0 Å². The molecule has 0 N–H and O–H groups in total. The summed E-state index contributed by atoms with van der Waals surface area (Å²) in [5.41, 5.74) is 7.55. The molecule has 1 unspecified atom stereocenters. The van der Waals surface area contributed by atoms with Gasteiger partial charge in [0.05, 0.1) is 0 Å². The molecule has 3 aromatic carbocycles. The topological polar surface area (TPSA) is 0 Å². The number of allylic oxidation sites excluding steroid dienone is 2. The minimum absolute atomic E-state index is 0. The number of hydrogen-bond acceptors (Lipinski definition) is 0. The summed E-state index contributed by atoms with van der Waals surface area (Å²) in [6, 6.07) is 30.4. The summed E-state index contributed by atoms with van der Waals surface area (Å²) in [6.45, 7) is 4.65. The van der Waals surface area contributed by atoms with Gasteiger partial charge in [-0.2, -0.15) is 0 Å². The Kier molecular flexibility index (Phi) is 8.27. The molecule has 0 amide bonds. The molecule has 3 aromatic rings. The predicted octanol–water partition coefficient (Wildman–Crippen LogP) is -1.96. The maximum atomic E-state index is 2.56. The van der Waals surface area contributed by atoms with Crippen LogP contribution < -0.4 is 35.3 Å². The molecule has 5 rings (SSSR count). The summed E-state index contributed by atoms with van der Waals surface area (Å²) in [5.74, 6) is 0. The van der Waals surface area contributed by atoms with Crippen LogP contribution in [0.1, 0.15) is 34.2 Å². The third-order valence-electron chi connectivity index (χ3n) is 6.10. The van der Waals surface area contributed by atoms with Crippen LogP contribution in [-0.2, 0) is 29.3 Å². The van der Waals surface area contributed by atoms with Gasteiger partial charge in [0.2, 0.25) is 0 Å². The Bertz CT molecular complexity index is 1280. The molecule has 0 aromatic heterocycles. The molecular weight excluding hydrogens is 515 g/mol. The maximum Gasteiger partial charge on any atom is -1.00 e. The van der Waals surface area contributed by atoms with Crippen LogP contribution in [0.15, 0.2) is 84.9 Å². The van der Waals surface area contributed by atoms with Gasteiger partial charge in [-0.15, -0.1) is 0 Å². The monoisotopic (exact) mass is 536 g/mol. The molecule has 0 heterocycles. The molecule has 0 aliphatic heterocycles. The molecular formula is C27H24Cl2SiZr. The second-order valence-electron chi connectivity index (χ2n) is 7.91. The number of hydrogen-bond donors (Lipinski definition) is 0. The summed E-state index contributed by atoms with van der Waals surface area (Å²) in [6.07, 6.45) is 2.56. The normalized spacial score (nSPS) is 17.3. The van der Waals surface area contributed by atoms with Gasteiger partial charge < -0.3 is 24.8 Å². The van der Waals surface area contributed by atoms with Crippen molar-refractivity contribution in [3.05, 3.63) is 112 Å². The first-order valence-corrected chi connectivity index (χ1v) is 14.4. The first-order chi connectivity index (χ1) is 14.2. The van der Waals surface area contributed by atoms with E-state index in [1.807, 2.05) is 0 Å². The molecule has 0 nitrogen and oxygen atoms in total. The summed E-state index contributed by atoms with van der Waals surface area (Å²) in [4.78, 5) is 0. The fourth-order valence-corrected chi connectivity index (χ4v) is 11.7. The molecule has 154 valence electrons. The van der Waals surface area contributed by atoms with Gasteiger partial charge in [-0.1, -0.05) is 0 Å². The Labute approximate surface area is 211 Å². The van der Waals surface area contributed by atoms with E-state index in [9.17, 15) is 0 Å². The number of halogens is 2. The van der Waals surface area contributed by atoms with E-state index in [-0.39, 0.29) is 33.9 Å². The van der Waals surface area contributed by atoms with E-state index in [1.165, 1.54) is 28.0 Å². The summed E-state index contributed by atoms with van der Waals surface area (Å²) >= 11 is -0.813. The first-order valence-electron chi connectivity index (χ1n) is 10.3. The second-order valence-corrected chi connectivity index (χ2v) is 12.8. The Hall–Kier alpha value is -1.31. The van der Waals surface area contributed by atoms with Crippen LogP contribution in [-0.4, -0.2) is 14.3 Å². The maximum absolute atomic E-state index is 2.56. The first kappa shape index (κ1) is 24.3. The van der Waals surface area contributed by atoms with Crippen LogP contribution in [0, 0.1) is 0 Å². The van der Waals surface area contributed by atoms with E-state index in [0.29, 0.717) is 3.63 Å². The fourth-order valence-electron chi connectivity index (χ4n) is 4.58. The van der Waals surface area contributed by atoms with Crippen LogP contribution >= 0.6 is 0 Å². The minimum atomic E-state index is -0.813. The Morgan fingerprint density at radius 1 is 0.774 bits per heavy atom. The van der Waals surface area contributed by atoms with Gasteiger partial charge in [-0.3, -0.25) is 0 Å². The van der Waals surface area contributed by atoms with E-state index in [0.717, 1.165) is 0 Å². The standard InChI is InChI=1S/C17H15Si.C10H9.2ClH.Zr/c1-13-16-10-6-5-9-15(16)11-17(13)18-12-14-7-3-2-4-8-14;1-8-6-7-9-4-2-3-5-10(8)9;;;/h2-10,18H,12H2,1H3;2-7H,1H3;2*1H;/q;;;;+2/p-2. The Balaban J connectivity index is 0.00000136. The molecule has 1 atom stereocenters. The fraction of sp³-hybridized carbons (Fsp3) is 0.148. The zero-order valence-corrected chi connectivity index (χ0v) is 22.8. The van der Waals surface area contributed by atoms with Crippen molar-refractivity contribution < 1.29 is 48.0 Å². The van der Waals surface area contributed by atoms with E-state index in [2.05, 4.69) is 98.8 Å². The average Bonchev–Trinajstić information content (AvgIpc) is 3.22. The summed E-state index contributed by atoms with van der Waals surface area (Å²) in [5, 5.41) is 4.76. The van der Waals surface area contributed by atoms with Gasteiger partial charge in [0, 0.05) is 0 Å². The van der Waals surface area contributed by atoms with Gasteiger partial charge in [-0.25, -0.2) is 0 Å². The molecule has 0 radical (unpaired) electrons. The van der Waals surface area contributed by atoms with Crippen molar-refractivity contribution >= 4 is 28.7 Å². The van der Waals surface area contributed by atoms with Gasteiger partial charge in [0.1, 0.15) is 0 Å². The molecule has 4 heteroatoms. The largest absolute Gasteiger partial charge is 1.00 e. The SMILES string of the molecule is CC1=C[CH]([Zr+2][C]2=c3ccccc3=C(C)C2=[SiH]Cc2ccccc2)c2ccccc21.[Cl-].[Cl-].